The number of hydrogen-bond acceptors (Lipinski definition) is 4. The van der Waals surface area contributed by atoms with Crippen molar-refractivity contribution in [2.45, 2.75) is 45.7 Å². The number of carbonyl (C=O) groups excluding carboxylic acids is 2. The van der Waals surface area contributed by atoms with E-state index in [1.807, 2.05) is 54.3 Å². The normalized spacial score (nSPS) is 13.9. The number of benzene rings is 2. The van der Waals surface area contributed by atoms with Gasteiger partial charge in [-0.1, -0.05) is 42.5 Å². The summed E-state index contributed by atoms with van der Waals surface area (Å²) >= 11 is 0. The number of nitrogens with zero attached hydrogens (tertiary/aromatic N) is 2. The average molecular weight is 458 g/mol. The fourth-order valence-electron chi connectivity index (χ4n) is 3.83. The topological polar surface area (TPSA) is 86.8 Å². The van der Waals surface area contributed by atoms with E-state index in [1.54, 1.807) is 6.07 Å². The van der Waals surface area contributed by atoms with Crippen LogP contribution in [0.4, 0.5) is 5.69 Å². The third kappa shape index (κ3) is 6.56. The Kier molecular flexibility index (Phi) is 7.90. The van der Waals surface area contributed by atoms with E-state index in [1.165, 1.54) is 10.6 Å². The number of nitrogens with one attached hydrogen (secondary N) is 1. The van der Waals surface area contributed by atoms with E-state index < -0.39 is 10.0 Å². The van der Waals surface area contributed by atoms with E-state index in [2.05, 4.69) is 5.32 Å². The van der Waals surface area contributed by atoms with Crippen molar-refractivity contribution in [3.05, 3.63) is 65.2 Å². The Morgan fingerprint density at radius 1 is 1.09 bits per heavy atom. The van der Waals surface area contributed by atoms with Gasteiger partial charge < -0.3 is 10.2 Å². The molecule has 2 amide bonds. The lowest BCUT2D eigenvalue weighted by Crippen LogP contribution is -2.32. The van der Waals surface area contributed by atoms with Crippen molar-refractivity contribution < 1.29 is 18.0 Å². The first-order valence-electron chi connectivity index (χ1n) is 10.9. The molecular formula is C24H31N3O4S. The van der Waals surface area contributed by atoms with Gasteiger partial charge in [-0.25, -0.2) is 8.42 Å². The molecule has 2 aromatic carbocycles. The summed E-state index contributed by atoms with van der Waals surface area (Å²) in [6.07, 6.45) is 3.42. The lowest BCUT2D eigenvalue weighted by Gasteiger charge is -2.24. The summed E-state index contributed by atoms with van der Waals surface area (Å²) in [5, 5.41) is 2.89. The molecule has 172 valence electrons. The molecule has 0 aliphatic carbocycles. The van der Waals surface area contributed by atoms with Crippen LogP contribution in [-0.4, -0.2) is 44.5 Å². The Labute approximate surface area is 190 Å². The largest absolute Gasteiger partial charge is 0.352 e. The fourth-order valence-corrected chi connectivity index (χ4v) is 4.86. The molecular weight excluding hydrogens is 426 g/mol. The summed E-state index contributed by atoms with van der Waals surface area (Å²) in [6.45, 7) is 3.98. The van der Waals surface area contributed by atoms with Crippen LogP contribution < -0.4 is 9.62 Å². The van der Waals surface area contributed by atoms with Crippen molar-refractivity contribution in [1.82, 2.24) is 10.2 Å². The molecule has 0 aromatic heterocycles. The van der Waals surface area contributed by atoms with Gasteiger partial charge in [0.25, 0.3) is 0 Å². The predicted molar refractivity (Wildman–Crippen MR) is 126 cm³/mol. The van der Waals surface area contributed by atoms with Crippen LogP contribution in [0.25, 0.3) is 0 Å². The van der Waals surface area contributed by atoms with Crippen LogP contribution in [0.1, 0.15) is 42.4 Å². The molecule has 0 bridgehead atoms. The van der Waals surface area contributed by atoms with Crippen LogP contribution in [0.2, 0.25) is 0 Å². The summed E-state index contributed by atoms with van der Waals surface area (Å²) in [5.41, 5.74) is 3.57. The average Bonchev–Trinajstić information content (AvgIpc) is 3.15. The van der Waals surface area contributed by atoms with Gasteiger partial charge in [0.1, 0.15) is 0 Å². The van der Waals surface area contributed by atoms with Gasteiger partial charge >= 0.3 is 0 Å². The van der Waals surface area contributed by atoms with Crippen LogP contribution in [0.3, 0.4) is 0 Å². The summed E-state index contributed by atoms with van der Waals surface area (Å²) in [6, 6.07) is 15.2. The highest BCUT2D eigenvalue weighted by atomic mass is 32.2. The quantitative estimate of drug-likeness (QED) is 0.594. The summed E-state index contributed by atoms with van der Waals surface area (Å²) in [5.74, 6) is 0.0909. The van der Waals surface area contributed by atoms with Gasteiger partial charge in [-0.05, 0) is 42.5 Å². The fraction of sp³-hybridized carbons (Fsp3) is 0.417. The van der Waals surface area contributed by atoms with Gasteiger partial charge in [-0.15, -0.1) is 0 Å². The van der Waals surface area contributed by atoms with Crippen molar-refractivity contribution in [1.29, 1.82) is 0 Å². The van der Waals surface area contributed by atoms with E-state index in [9.17, 15) is 18.0 Å². The van der Waals surface area contributed by atoms with Crippen molar-refractivity contribution in [3.63, 3.8) is 0 Å². The van der Waals surface area contributed by atoms with Crippen LogP contribution >= 0.6 is 0 Å². The van der Waals surface area contributed by atoms with Gasteiger partial charge in [0, 0.05) is 39.0 Å². The molecule has 8 heteroatoms. The number of amides is 2. The van der Waals surface area contributed by atoms with Crippen LogP contribution in [0.15, 0.2) is 48.5 Å². The molecule has 1 N–H and O–H groups in total. The Morgan fingerprint density at radius 3 is 2.41 bits per heavy atom. The molecule has 32 heavy (non-hydrogen) atoms. The molecule has 0 saturated carbocycles. The Balaban J connectivity index is 1.45. The zero-order valence-corrected chi connectivity index (χ0v) is 19.5. The third-order valence-corrected chi connectivity index (χ3v) is 6.79. The molecule has 7 nitrogen and oxygen atoms in total. The van der Waals surface area contributed by atoms with Crippen molar-refractivity contribution in [2.24, 2.45) is 0 Å². The minimum absolute atomic E-state index is 0.116. The molecule has 2 aromatic rings. The highest BCUT2D eigenvalue weighted by Crippen LogP contribution is 2.22. The summed E-state index contributed by atoms with van der Waals surface area (Å²) in [4.78, 5) is 25.9. The second-order valence-electron chi connectivity index (χ2n) is 8.24. The Bertz CT molecular complexity index is 1050. The van der Waals surface area contributed by atoms with Crippen LogP contribution in [-0.2, 0) is 32.7 Å². The van der Waals surface area contributed by atoms with Crippen molar-refractivity contribution in [2.75, 3.05) is 23.7 Å². The van der Waals surface area contributed by atoms with E-state index in [4.69, 9.17) is 0 Å². The molecule has 1 fully saturated rings. The zero-order valence-electron chi connectivity index (χ0n) is 18.7. The van der Waals surface area contributed by atoms with Crippen molar-refractivity contribution >= 4 is 27.5 Å². The first-order chi connectivity index (χ1) is 15.2. The van der Waals surface area contributed by atoms with E-state index in [-0.39, 0.29) is 24.8 Å². The van der Waals surface area contributed by atoms with Crippen LogP contribution in [0.5, 0.6) is 0 Å². The molecule has 0 radical (unpaired) electrons. The second kappa shape index (κ2) is 10.6. The first kappa shape index (κ1) is 23.8. The number of likely N-dealkylation sites (tertiary alicyclic amines) is 1. The number of hydrogen-bond donors (Lipinski definition) is 1. The lowest BCUT2D eigenvalue weighted by atomic mass is 10.1. The smallest absolute Gasteiger partial charge is 0.232 e. The maximum Gasteiger partial charge on any atom is 0.232 e. The highest BCUT2D eigenvalue weighted by Gasteiger charge is 2.20. The highest BCUT2D eigenvalue weighted by molar-refractivity contribution is 7.92. The molecule has 0 unspecified atom stereocenters. The minimum Gasteiger partial charge on any atom is -0.352 e. The maximum absolute atomic E-state index is 12.3. The Hall–Kier alpha value is -2.87. The molecule has 1 saturated heterocycles. The summed E-state index contributed by atoms with van der Waals surface area (Å²) < 4.78 is 25.8. The van der Waals surface area contributed by atoms with Crippen LogP contribution in [0, 0.1) is 6.92 Å². The van der Waals surface area contributed by atoms with Gasteiger partial charge in [-0.3, -0.25) is 13.9 Å². The van der Waals surface area contributed by atoms with Gasteiger partial charge in [-0.2, -0.15) is 0 Å². The summed E-state index contributed by atoms with van der Waals surface area (Å²) in [7, 11) is -3.43. The number of anilines is 1. The van der Waals surface area contributed by atoms with Gasteiger partial charge in [0.05, 0.1) is 11.9 Å². The predicted octanol–water partition coefficient (Wildman–Crippen LogP) is 2.98. The molecule has 0 atom stereocenters. The van der Waals surface area contributed by atoms with E-state index >= 15 is 0 Å². The number of para-hydroxylation sites is 1. The lowest BCUT2D eigenvalue weighted by molar-refractivity contribution is -0.128. The number of sulfonamides is 1. The van der Waals surface area contributed by atoms with Gasteiger partial charge in [0.2, 0.25) is 21.8 Å². The maximum atomic E-state index is 12.3. The molecule has 3 rings (SSSR count). The molecule has 1 aliphatic rings. The number of carbonyl (C=O) groups is 2. The monoisotopic (exact) mass is 457 g/mol. The first-order valence-corrected chi connectivity index (χ1v) is 12.7. The number of aryl methyl sites for hydroxylation is 1. The number of rotatable bonds is 10. The molecule has 1 aliphatic heterocycles. The van der Waals surface area contributed by atoms with E-state index in [0.29, 0.717) is 31.6 Å². The van der Waals surface area contributed by atoms with Gasteiger partial charge in [0.15, 0.2) is 0 Å². The SMILES string of the molecule is Cc1ccccc1N(CCCC(=O)NCc1ccc(CN2CCCC2=O)cc1)S(C)(=O)=O. The van der Waals surface area contributed by atoms with Crippen molar-refractivity contribution in [3.8, 4) is 0 Å². The zero-order chi connectivity index (χ0) is 23.1. The minimum atomic E-state index is -3.43. The molecule has 1 heterocycles. The Morgan fingerprint density at radius 2 is 1.78 bits per heavy atom. The second-order valence-corrected chi connectivity index (χ2v) is 10.1. The van der Waals surface area contributed by atoms with E-state index in [0.717, 1.165) is 29.7 Å². The molecule has 0 spiro atoms. The standard InChI is InChI=1S/C24H31N3O4S/c1-19-7-3-4-8-22(19)27(32(2,30)31)16-5-9-23(28)25-17-20-11-13-21(14-12-20)18-26-15-6-10-24(26)29/h3-4,7-8,11-14H,5-6,9-10,15-18H2,1-2H3,(H,25,28). The third-order valence-electron chi connectivity index (χ3n) is 5.61.